The van der Waals surface area contributed by atoms with Gasteiger partial charge >= 0.3 is 0 Å². The standard InChI is InChI=1S/C10H11N3O2/c1-7(9-12-4-5-15-9)8(14)13-10(6-11)2-3-10/h4-5,7H,2-3H2,1H3,(H,13,14). The molecule has 1 aliphatic carbocycles. The second-order valence-corrected chi connectivity index (χ2v) is 3.78. The Kier molecular flexibility index (Phi) is 2.19. The predicted molar refractivity (Wildman–Crippen MR) is 50.6 cm³/mol. The number of carbonyl (C=O) groups excluding carboxylic acids is 1. The molecule has 0 aromatic carbocycles. The van der Waals surface area contributed by atoms with Gasteiger partial charge in [0.05, 0.1) is 12.3 Å². The molecule has 1 amide bonds. The van der Waals surface area contributed by atoms with Crippen LogP contribution in [0.2, 0.25) is 0 Å². The number of amides is 1. The largest absolute Gasteiger partial charge is 0.448 e. The van der Waals surface area contributed by atoms with Crippen molar-refractivity contribution in [1.29, 1.82) is 5.26 Å². The molecule has 0 spiro atoms. The summed E-state index contributed by atoms with van der Waals surface area (Å²) < 4.78 is 5.03. The Bertz CT molecular complexity index is 401. The molecule has 5 nitrogen and oxygen atoms in total. The smallest absolute Gasteiger partial charge is 0.233 e. The van der Waals surface area contributed by atoms with E-state index in [1.165, 1.54) is 12.5 Å². The van der Waals surface area contributed by atoms with Crippen molar-refractivity contribution in [3.8, 4) is 6.07 Å². The Hall–Kier alpha value is -1.83. The lowest BCUT2D eigenvalue weighted by atomic mass is 10.1. The molecule has 0 saturated heterocycles. The van der Waals surface area contributed by atoms with Gasteiger partial charge in [0.15, 0.2) is 0 Å². The molecule has 1 atom stereocenters. The summed E-state index contributed by atoms with van der Waals surface area (Å²) in [4.78, 5) is 15.6. The molecule has 1 aliphatic rings. The number of hydrogen-bond acceptors (Lipinski definition) is 4. The van der Waals surface area contributed by atoms with Crippen molar-refractivity contribution < 1.29 is 9.21 Å². The van der Waals surface area contributed by atoms with Crippen LogP contribution in [0.5, 0.6) is 0 Å². The Morgan fingerprint density at radius 3 is 3.00 bits per heavy atom. The van der Waals surface area contributed by atoms with E-state index in [-0.39, 0.29) is 5.91 Å². The van der Waals surface area contributed by atoms with Crippen LogP contribution in [0.1, 0.15) is 31.6 Å². The minimum atomic E-state index is -0.627. The number of nitrogens with zero attached hydrogens (tertiary/aromatic N) is 2. The quantitative estimate of drug-likeness (QED) is 0.796. The monoisotopic (exact) mass is 205 g/mol. The number of aromatic nitrogens is 1. The molecule has 1 unspecified atom stereocenters. The minimum absolute atomic E-state index is 0.212. The van der Waals surface area contributed by atoms with E-state index >= 15 is 0 Å². The van der Waals surface area contributed by atoms with Crippen molar-refractivity contribution in [3.63, 3.8) is 0 Å². The molecule has 0 aliphatic heterocycles. The van der Waals surface area contributed by atoms with Gasteiger partial charge in [-0.2, -0.15) is 5.26 Å². The molecule has 5 heteroatoms. The lowest BCUT2D eigenvalue weighted by molar-refractivity contribution is -0.123. The summed E-state index contributed by atoms with van der Waals surface area (Å²) in [6, 6.07) is 2.10. The van der Waals surface area contributed by atoms with Crippen LogP contribution in [0.15, 0.2) is 16.9 Å². The highest BCUT2D eigenvalue weighted by molar-refractivity contribution is 5.83. The van der Waals surface area contributed by atoms with E-state index in [9.17, 15) is 4.79 Å². The molecular formula is C10H11N3O2. The summed E-state index contributed by atoms with van der Waals surface area (Å²) in [5.41, 5.74) is -0.627. The normalized spacial score (nSPS) is 18.9. The van der Waals surface area contributed by atoms with Gasteiger partial charge in [-0.05, 0) is 19.8 Å². The van der Waals surface area contributed by atoms with Crippen molar-refractivity contribution in [1.82, 2.24) is 10.3 Å². The van der Waals surface area contributed by atoms with Crippen LogP contribution in [0.4, 0.5) is 0 Å². The van der Waals surface area contributed by atoms with Crippen molar-refractivity contribution >= 4 is 5.91 Å². The van der Waals surface area contributed by atoms with Crippen LogP contribution in [0.3, 0.4) is 0 Å². The summed E-state index contributed by atoms with van der Waals surface area (Å²) in [7, 11) is 0. The number of rotatable bonds is 3. The number of nitrogens with one attached hydrogen (secondary N) is 1. The third-order valence-corrected chi connectivity index (χ3v) is 2.54. The van der Waals surface area contributed by atoms with E-state index in [0.717, 1.165) is 12.8 Å². The topological polar surface area (TPSA) is 78.9 Å². The zero-order valence-corrected chi connectivity index (χ0v) is 8.36. The van der Waals surface area contributed by atoms with Crippen molar-refractivity contribution in [3.05, 3.63) is 18.4 Å². The van der Waals surface area contributed by atoms with Gasteiger partial charge in [0.25, 0.3) is 0 Å². The fraction of sp³-hybridized carbons (Fsp3) is 0.500. The first-order chi connectivity index (χ1) is 7.17. The van der Waals surface area contributed by atoms with Gasteiger partial charge in [0.2, 0.25) is 11.8 Å². The highest BCUT2D eigenvalue weighted by atomic mass is 16.3. The summed E-state index contributed by atoms with van der Waals surface area (Å²) in [6.07, 6.45) is 4.38. The molecule has 1 fully saturated rings. The highest BCUT2D eigenvalue weighted by Crippen LogP contribution is 2.34. The lowest BCUT2D eigenvalue weighted by Crippen LogP contribution is -2.38. The molecule has 1 heterocycles. The van der Waals surface area contributed by atoms with Crippen molar-refractivity contribution in [2.75, 3.05) is 0 Å². The third kappa shape index (κ3) is 1.84. The van der Waals surface area contributed by atoms with Crippen LogP contribution in [-0.4, -0.2) is 16.4 Å². The average Bonchev–Trinajstić information content (AvgIpc) is 2.81. The number of hydrogen-bond donors (Lipinski definition) is 1. The zero-order chi connectivity index (χ0) is 10.9. The molecule has 1 N–H and O–H groups in total. The number of oxazole rings is 1. The summed E-state index contributed by atoms with van der Waals surface area (Å²) in [5, 5.41) is 11.5. The molecule has 1 aromatic rings. The number of carbonyl (C=O) groups is 1. The van der Waals surface area contributed by atoms with E-state index in [1.807, 2.05) is 0 Å². The van der Waals surface area contributed by atoms with Crippen LogP contribution in [-0.2, 0) is 4.79 Å². The predicted octanol–water partition coefficient (Wildman–Crippen LogP) is 0.950. The fourth-order valence-electron chi connectivity index (χ4n) is 1.29. The van der Waals surface area contributed by atoms with Crippen LogP contribution >= 0.6 is 0 Å². The van der Waals surface area contributed by atoms with Gasteiger partial charge in [0, 0.05) is 0 Å². The fourth-order valence-corrected chi connectivity index (χ4v) is 1.29. The Balaban J connectivity index is 2.00. The Morgan fingerprint density at radius 1 is 1.80 bits per heavy atom. The first-order valence-corrected chi connectivity index (χ1v) is 4.79. The van der Waals surface area contributed by atoms with Crippen LogP contribution < -0.4 is 5.32 Å². The first kappa shape index (κ1) is 9.71. The van der Waals surface area contributed by atoms with Gasteiger partial charge in [-0.3, -0.25) is 4.79 Å². The molecular weight excluding hydrogens is 194 g/mol. The first-order valence-electron chi connectivity index (χ1n) is 4.79. The maximum absolute atomic E-state index is 11.7. The lowest BCUT2D eigenvalue weighted by Gasteiger charge is -2.12. The maximum Gasteiger partial charge on any atom is 0.233 e. The molecule has 0 radical (unpaired) electrons. The SMILES string of the molecule is CC(C(=O)NC1(C#N)CC1)c1ncco1. The highest BCUT2D eigenvalue weighted by Gasteiger charge is 2.45. The van der Waals surface area contributed by atoms with Crippen LogP contribution in [0, 0.1) is 11.3 Å². The zero-order valence-electron chi connectivity index (χ0n) is 8.36. The summed E-state index contributed by atoms with van der Waals surface area (Å²) in [5.74, 6) is -0.288. The van der Waals surface area contributed by atoms with Crippen molar-refractivity contribution in [2.45, 2.75) is 31.2 Å². The molecule has 0 bridgehead atoms. The van der Waals surface area contributed by atoms with Gasteiger partial charge in [-0.25, -0.2) is 4.98 Å². The molecule has 1 saturated carbocycles. The van der Waals surface area contributed by atoms with E-state index in [2.05, 4.69) is 16.4 Å². The second kappa shape index (κ2) is 3.39. The van der Waals surface area contributed by atoms with E-state index < -0.39 is 11.5 Å². The average molecular weight is 205 g/mol. The Labute approximate surface area is 87.1 Å². The molecule has 1 aromatic heterocycles. The third-order valence-electron chi connectivity index (χ3n) is 2.54. The van der Waals surface area contributed by atoms with Crippen LogP contribution in [0.25, 0.3) is 0 Å². The summed E-state index contributed by atoms with van der Waals surface area (Å²) >= 11 is 0. The van der Waals surface area contributed by atoms with E-state index in [4.69, 9.17) is 9.68 Å². The summed E-state index contributed by atoms with van der Waals surface area (Å²) in [6.45, 7) is 1.70. The number of nitriles is 1. The van der Waals surface area contributed by atoms with Gasteiger partial charge < -0.3 is 9.73 Å². The molecule has 78 valence electrons. The van der Waals surface area contributed by atoms with E-state index in [1.54, 1.807) is 6.92 Å². The molecule has 2 rings (SSSR count). The van der Waals surface area contributed by atoms with Gasteiger partial charge in [-0.1, -0.05) is 0 Å². The van der Waals surface area contributed by atoms with Gasteiger partial charge in [-0.15, -0.1) is 0 Å². The minimum Gasteiger partial charge on any atom is -0.448 e. The van der Waals surface area contributed by atoms with Gasteiger partial charge in [0.1, 0.15) is 17.7 Å². The maximum atomic E-state index is 11.7. The Morgan fingerprint density at radius 2 is 2.53 bits per heavy atom. The van der Waals surface area contributed by atoms with E-state index in [0.29, 0.717) is 5.89 Å². The van der Waals surface area contributed by atoms with Crippen molar-refractivity contribution in [2.24, 2.45) is 0 Å². The second-order valence-electron chi connectivity index (χ2n) is 3.78. The molecule has 15 heavy (non-hydrogen) atoms.